The minimum Gasteiger partial charge on any atom is -0.459 e. The molecule has 0 bridgehead atoms. The molecule has 0 aliphatic heterocycles. The van der Waals surface area contributed by atoms with Gasteiger partial charge in [0.25, 0.3) is 0 Å². The number of furan rings is 1. The van der Waals surface area contributed by atoms with E-state index in [0.717, 1.165) is 22.5 Å². The number of amides is 2. The quantitative estimate of drug-likeness (QED) is 0.670. The number of nitrogens with one attached hydrogen (secondary N) is 2. The standard InChI is InChI=1S/C21H24FN3O2/c1-12-10-16(25(4)5)7-8-18(12)24-21(26)23-14(3)20-13(2)17-11-15(22)6-9-19(17)27-20/h6-11,14H,1-5H3,(H2,23,24,26)/t14-/m0/s1. The second-order valence-corrected chi connectivity index (χ2v) is 6.95. The van der Waals surface area contributed by atoms with Gasteiger partial charge in [0.2, 0.25) is 0 Å². The van der Waals surface area contributed by atoms with Gasteiger partial charge >= 0.3 is 6.03 Å². The molecule has 3 rings (SSSR count). The molecule has 0 saturated carbocycles. The summed E-state index contributed by atoms with van der Waals surface area (Å²) in [6, 6.07) is 9.56. The number of fused-ring (bicyclic) bond motifs is 1. The van der Waals surface area contributed by atoms with Crippen molar-refractivity contribution >= 4 is 28.4 Å². The van der Waals surface area contributed by atoms with Crippen molar-refractivity contribution in [1.29, 1.82) is 0 Å². The highest BCUT2D eigenvalue weighted by atomic mass is 19.1. The van der Waals surface area contributed by atoms with Gasteiger partial charge in [-0.05, 0) is 62.7 Å². The summed E-state index contributed by atoms with van der Waals surface area (Å²) in [5, 5.41) is 6.46. The number of carbonyl (C=O) groups excluding carboxylic acids is 1. The maximum atomic E-state index is 13.5. The van der Waals surface area contributed by atoms with E-state index < -0.39 is 0 Å². The van der Waals surface area contributed by atoms with Crippen molar-refractivity contribution in [1.82, 2.24) is 5.32 Å². The van der Waals surface area contributed by atoms with Crippen LogP contribution < -0.4 is 15.5 Å². The predicted molar refractivity (Wildman–Crippen MR) is 107 cm³/mol. The molecule has 1 heterocycles. The molecule has 5 nitrogen and oxygen atoms in total. The van der Waals surface area contributed by atoms with Crippen LogP contribution in [0.4, 0.5) is 20.6 Å². The molecule has 2 N–H and O–H groups in total. The van der Waals surface area contributed by atoms with Crippen LogP contribution in [0.1, 0.15) is 29.9 Å². The Morgan fingerprint density at radius 1 is 1.15 bits per heavy atom. The number of hydrogen-bond acceptors (Lipinski definition) is 3. The maximum absolute atomic E-state index is 13.5. The summed E-state index contributed by atoms with van der Waals surface area (Å²) < 4.78 is 19.3. The first kappa shape index (κ1) is 18.8. The van der Waals surface area contributed by atoms with E-state index in [0.29, 0.717) is 16.7 Å². The number of benzene rings is 2. The molecule has 0 aliphatic carbocycles. The molecule has 2 aromatic carbocycles. The Kier molecular flexibility index (Phi) is 5.08. The molecular formula is C21H24FN3O2. The van der Waals surface area contributed by atoms with Crippen LogP contribution in [0.15, 0.2) is 40.8 Å². The monoisotopic (exact) mass is 369 g/mol. The summed E-state index contributed by atoms with van der Waals surface area (Å²) in [6.45, 7) is 5.65. The predicted octanol–water partition coefficient (Wildman–Crippen LogP) is 5.14. The van der Waals surface area contributed by atoms with E-state index in [1.54, 1.807) is 6.07 Å². The number of halogens is 1. The molecule has 0 radical (unpaired) electrons. The molecule has 0 spiro atoms. The number of nitrogens with zero attached hydrogens (tertiary/aromatic N) is 1. The average Bonchev–Trinajstić information content (AvgIpc) is 2.93. The number of anilines is 2. The van der Waals surface area contributed by atoms with Crippen LogP contribution in [0.3, 0.4) is 0 Å². The van der Waals surface area contributed by atoms with E-state index in [4.69, 9.17) is 4.42 Å². The molecular weight excluding hydrogens is 345 g/mol. The van der Waals surface area contributed by atoms with Crippen molar-refractivity contribution in [2.24, 2.45) is 0 Å². The van der Waals surface area contributed by atoms with Gasteiger partial charge in [0, 0.05) is 36.4 Å². The molecule has 3 aromatic rings. The highest BCUT2D eigenvalue weighted by molar-refractivity contribution is 5.91. The third kappa shape index (κ3) is 3.89. The van der Waals surface area contributed by atoms with Crippen LogP contribution in [0.5, 0.6) is 0 Å². The lowest BCUT2D eigenvalue weighted by molar-refractivity contribution is 0.248. The van der Waals surface area contributed by atoms with Crippen molar-refractivity contribution in [2.45, 2.75) is 26.8 Å². The lowest BCUT2D eigenvalue weighted by Gasteiger charge is -2.17. The van der Waals surface area contributed by atoms with Gasteiger partial charge in [-0.15, -0.1) is 0 Å². The van der Waals surface area contributed by atoms with Gasteiger partial charge < -0.3 is 20.0 Å². The maximum Gasteiger partial charge on any atom is 0.319 e. The fourth-order valence-electron chi connectivity index (χ4n) is 3.11. The minimum absolute atomic E-state index is 0.312. The second-order valence-electron chi connectivity index (χ2n) is 6.95. The third-order valence-electron chi connectivity index (χ3n) is 4.65. The van der Waals surface area contributed by atoms with Crippen LogP contribution in [-0.2, 0) is 0 Å². The number of urea groups is 1. The van der Waals surface area contributed by atoms with E-state index in [2.05, 4.69) is 10.6 Å². The SMILES string of the molecule is Cc1cc(N(C)C)ccc1NC(=O)N[C@@H](C)c1oc2ccc(F)cc2c1C. The third-order valence-corrected chi connectivity index (χ3v) is 4.65. The normalized spacial score (nSPS) is 12.1. The average molecular weight is 369 g/mol. The first-order chi connectivity index (χ1) is 12.8. The number of rotatable bonds is 4. The minimum atomic E-state index is -0.359. The summed E-state index contributed by atoms with van der Waals surface area (Å²) in [4.78, 5) is 14.4. The molecule has 0 fully saturated rings. The summed E-state index contributed by atoms with van der Waals surface area (Å²) in [7, 11) is 3.94. The van der Waals surface area contributed by atoms with E-state index in [9.17, 15) is 9.18 Å². The molecule has 1 aromatic heterocycles. The van der Waals surface area contributed by atoms with Gasteiger partial charge in [-0.1, -0.05) is 0 Å². The van der Waals surface area contributed by atoms with Gasteiger partial charge in [0.15, 0.2) is 0 Å². The first-order valence-electron chi connectivity index (χ1n) is 8.80. The Hall–Kier alpha value is -3.02. The van der Waals surface area contributed by atoms with Crippen molar-refractivity contribution < 1.29 is 13.6 Å². The molecule has 6 heteroatoms. The topological polar surface area (TPSA) is 57.5 Å². The summed E-state index contributed by atoms with van der Waals surface area (Å²) in [5.74, 6) is 0.304. The highest BCUT2D eigenvalue weighted by Gasteiger charge is 2.19. The lowest BCUT2D eigenvalue weighted by Crippen LogP contribution is -2.31. The van der Waals surface area contributed by atoms with E-state index in [1.165, 1.54) is 12.1 Å². The van der Waals surface area contributed by atoms with E-state index in [-0.39, 0.29) is 17.9 Å². The summed E-state index contributed by atoms with van der Waals surface area (Å²) in [5.41, 5.74) is 4.21. The largest absolute Gasteiger partial charge is 0.459 e. The van der Waals surface area contributed by atoms with Gasteiger partial charge in [-0.3, -0.25) is 0 Å². The zero-order valence-electron chi connectivity index (χ0n) is 16.2. The highest BCUT2D eigenvalue weighted by Crippen LogP contribution is 2.30. The second kappa shape index (κ2) is 7.31. The Morgan fingerprint density at radius 2 is 1.89 bits per heavy atom. The van der Waals surface area contributed by atoms with Crippen molar-refractivity contribution in [2.75, 3.05) is 24.3 Å². The molecule has 2 amide bonds. The summed E-state index contributed by atoms with van der Waals surface area (Å²) in [6.07, 6.45) is 0. The van der Waals surface area contributed by atoms with Crippen LogP contribution in [0.25, 0.3) is 11.0 Å². The van der Waals surface area contributed by atoms with E-state index in [1.807, 2.05) is 58.0 Å². The van der Waals surface area contributed by atoms with Crippen LogP contribution in [0.2, 0.25) is 0 Å². The van der Waals surface area contributed by atoms with Gasteiger partial charge in [0.05, 0.1) is 6.04 Å². The Labute approximate surface area is 158 Å². The number of carbonyl (C=O) groups is 1. The van der Waals surface area contributed by atoms with Gasteiger partial charge in [-0.25, -0.2) is 9.18 Å². The molecule has 27 heavy (non-hydrogen) atoms. The van der Waals surface area contributed by atoms with Gasteiger partial charge in [-0.2, -0.15) is 0 Å². The fraction of sp³-hybridized carbons (Fsp3) is 0.286. The molecule has 142 valence electrons. The van der Waals surface area contributed by atoms with Crippen molar-refractivity contribution in [3.63, 3.8) is 0 Å². The fourth-order valence-corrected chi connectivity index (χ4v) is 3.11. The van der Waals surface area contributed by atoms with Gasteiger partial charge in [0.1, 0.15) is 17.2 Å². The smallest absolute Gasteiger partial charge is 0.319 e. The van der Waals surface area contributed by atoms with Crippen molar-refractivity contribution in [3.8, 4) is 0 Å². The Bertz CT molecular complexity index is 995. The van der Waals surface area contributed by atoms with Crippen molar-refractivity contribution in [3.05, 3.63) is 59.1 Å². The molecule has 0 saturated heterocycles. The van der Waals surface area contributed by atoms with Crippen LogP contribution in [0, 0.1) is 19.7 Å². The zero-order chi connectivity index (χ0) is 19.7. The number of hydrogen-bond donors (Lipinski definition) is 2. The van der Waals surface area contributed by atoms with E-state index >= 15 is 0 Å². The lowest BCUT2D eigenvalue weighted by atomic mass is 10.1. The molecule has 0 unspecified atom stereocenters. The molecule has 0 aliphatic rings. The number of aryl methyl sites for hydroxylation is 2. The Morgan fingerprint density at radius 3 is 2.56 bits per heavy atom. The van der Waals surface area contributed by atoms with Crippen LogP contribution >= 0.6 is 0 Å². The van der Waals surface area contributed by atoms with Crippen LogP contribution in [-0.4, -0.2) is 20.1 Å². The zero-order valence-corrected chi connectivity index (χ0v) is 16.2. The molecule has 1 atom stereocenters. The first-order valence-corrected chi connectivity index (χ1v) is 8.80. The Balaban J connectivity index is 1.74. The summed E-state index contributed by atoms with van der Waals surface area (Å²) >= 11 is 0.